The molecule has 1 rings (SSSR count). The molecule has 2 N–H and O–H groups in total. The van der Waals surface area contributed by atoms with Crippen LogP contribution in [-0.2, 0) is 20.9 Å². The van der Waals surface area contributed by atoms with Gasteiger partial charge in [0.25, 0.3) is 0 Å². The van der Waals surface area contributed by atoms with Crippen molar-refractivity contribution in [3.63, 3.8) is 0 Å². The van der Waals surface area contributed by atoms with Crippen LogP contribution in [0.15, 0.2) is 36.4 Å². The van der Waals surface area contributed by atoms with E-state index in [-0.39, 0.29) is 25.6 Å². The molecule has 0 aromatic heterocycles. The predicted octanol–water partition coefficient (Wildman–Crippen LogP) is 1.44. The topological polar surface area (TPSA) is 85.2 Å². The van der Waals surface area contributed by atoms with Crippen LogP contribution in [0, 0.1) is 0 Å². The lowest BCUT2D eigenvalue weighted by molar-refractivity contribution is -0.139. The van der Waals surface area contributed by atoms with Crippen molar-refractivity contribution >= 4 is 5.97 Å². The van der Waals surface area contributed by atoms with Crippen LogP contribution in [0.25, 0.3) is 0 Å². The van der Waals surface area contributed by atoms with E-state index in [1.807, 2.05) is 24.3 Å². The molecular formula is C17H24O6. The number of esters is 1. The van der Waals surface area contributed by atoms with Crippen LogP contribution in [0.2, 0.25) is 0 Å². The highest BCUT2D eigenvalue weighted by Crippen LogP contribution is 2.12. The van der Waals surface area contributed by atoms with Gasteiger partial charge >= 0.3 is 5.97 Å². The highest BCUT2D eigenvalue weighted by molar-refractivity contribution is 5.65. The third kappa shape index (κ3) is 8.35. The zero-order valence-corrected chi connectivity index (χ0v) is 13.5. The van der Waals surface area contributed by atoms with E-state index in [2.05, 4.69) is 0 Å². The van der Waals surface area contributed by atoms with Crippen LogP contribution in [0.3, 0.4) is 0 Å². The van der Waals surface area contributed by atoms with Crippen LogP contribution in [0.4, 0.5) is 0 Å². The second-order valence-electron chi connectivity index (χ2n) is 5.01. The maximum Gasteiger partial charge on any atom is 0.302 e. The van der Waals surface area contributed by atoms with Crippen LogP contribution < -0.4 is 4.74 Å². The van der Waals surface area contributed by atoms with Gasteiger partial charge in [-0.05, 0) is 24.1 Å². The normalized spacial score (nSPS) is 13.7. The van der Waals surface area contributed by atoms with Gasteiger partial charge in [-0.1, -0.05) is 24.3 Å². The Bertz CT molecular complexity index is 482. The van der Waals surface area contributed by atoms with Gasteiger partial charge in [0.15, 0.2) is 0 Å². The molecule has 0 radical (unpaired) electrons. The molecule has 0 saturated heterocycles. The van der Waals surface area contributed by atoms with Crippen LogP contribution in [-0.4, -0.2) is 48.7 Å². The minimum atomic E-state index is -0.980. The Kier molecular flexibility index (Phi) is 8.97. The van der Waals surface area contributed by atoms with Gasteiger partial charge in [-0.25, -0.2) is 0 Å². The monoisotopic (exact) mass is 324 g/mol. The van der Waals surface area contributed by atoms with Crippen molar-refractivity contribution in [3.05, 3.63) is 42.0 Å². The molecule has 0 spiro atoms. The summed E-state index contributed by atoms with van der Waals surface area (Å²) in [5.74, 6) is 0.409. The van der Waals surface area contributed by atoms with Gasteiger partial charge in [0.1, 0.15) is 18.5 Å². The first-order valence-corrected chi connectivity index (χ1v) is 7.38. The summed E-state index contributed by atoms with van der Waals surface area (Å²) in [6.45, 7) is 1.86. The highest BCUT2D eigenvalue weighted by atomic mass is 16.5. The average molecular weight is 324 g/mol. The van der Waals surface area contributed by atoms with Crippen molar-refractivity contribution in [2.75, 3.05) is 20.3 Å². The number of ether oxygens (including phenoxy) is 3. The number of aliphatic hydroxyl groups excluding tert-OH is 2. The Morgan fingerprint density at radius 1 is 1.17 bits per heavy atom. The summed E-state index contributed by atoms with van der Waals surface area (Å²) in [4.78, 5) is 10.6. The minimum Gasteiger partial charge on any atom is -0.497 e. The summed E-state index contributed by atoms with van der Waals surface area (Å²) in [6, 6.07) is 7.41. The van der Waals surface area contributed by atoms with Crippen molar-refractivity contribution < 1.29 is 29.2 Å². The maximum atomic E-state index is 10.6. The van der Waals surface area contributed by atoms with Crippen molar-refractivity contribution in [3.8, 4) is 5.75 Å². The number of hydrogen-bond acceptors (Lipinski definition) is 6. The number of aliphatic hydroxyl groups is 2. The number of hydrogen-bond donors (Lipinski definition) is 2. The summed E-state index contributed by atoms with van der Waals surface area (Å²) < 4.78 is 15.2. The lowest BCUT2D eigenvalue weighted by atomic mass is 10.1. The van der Waals surface area contributed by atoms with E-state index in [1.54, 1.807) is 19.3 Å². The molecular weight excluding hydrogens is 300 g/mol. The first-order chi connectivity index (χ1) is 11.0. The fourth-order valence-corrected chi connectivity index (χ4v) is 1.76. The van der Waals surface area contributed by atoms with E-state index in [0.29, 0.717) is 6.61 Å². The van der Waals surface area contributed by atoms with Crippen molar-refractivity contribution in [1.29, 1.82) is 0 Å². The second kappa shape index (κ2) is 10.8. The van der Waals surface area contributed by atoms with Crippen LogP contribution in [0.1, 0.15) is 18.9 Å². The molecule has 0 fully saturated rings. The molecule has 0 aliphatic rings. The van der Waals surface area contributed by atoms with Crippen molar-refractivity contribution in [2.24, 2.45) is 0 Å². The SMILES string of the molecule is COc1ccc(COC[C@H](O)[C@H](O)C/C=C/COC(C)=O)cc1. The maximum absolute atomic E-state index is 10.6. The predicted molar refractivity (Wildman–Crippen MR) is 85.1 cm³/mol. The lowest BCUT2D eigenvalue weighted by Gasteiger charge is -2.16. The summed E-state index contributed by atoms with van der Waals surface area (Å²) in [6.07, 6.45) is 1.62. The number of rotatable bonds is 10. The van der Waals surface area contributed by atoms with Gasteiger partial charge in [-0.2, -0.15) is 0 Å². The Morgan fingerprint density at radius 2 is 1.87 bits per heavy atom. The molecule has 0 unspecified atom stereocenters. The Morgan fingerprint density at radius 3 is 2.48 bits per heavy atom. The number of carbonyl (C=O) groups excluding carboxylic acids is 1. The Balaban J connectivity index is 2.21. The smallest absolute Gasteiger partial charge is 0.302 e. The van der Waals surface area contributed by atoms with Gasteiger partial charge in [0.2, 0.25) is 0 Å². The lowest BCUT2D eigenvalue weighted by Crippen LogP contribution is -2.30. The van der Waals surface area contributed by atoms with E-state index >= 15 is 0 Å². The standard InChI is InChI=1S/C17H24O6/c1-13(18)23-10-4-3-5-16(19)17(20)12-22-11-14-6-8-15(21-2)9-7-14/h3-4,6-9,16-17,19-20H,5,10-12H2,1-2H3/b4-3+/t16-,17+/m1/s1. The zero-order chi connectivity index (χ0) is 17.1. The van der Waals surface area contributed by atoms with E-state index in [0.717, 1.165) is 11.3 Å². The third-order valence-corrected chi connectivity index (χ3v) is 3.09. The first kappa shape index (κ1) is 19.2. The minimum absolute atomic E-state index is 0.0327. The van der Waals surface area contributed by atoms with Crippen LogP contribution >= 0.6 is 0 Å². The van der Waals surface area contributed by atoms with E-state index < -0.39 is 12.2 Å². The molecule has 1 aromatic rings. The van der Waals surface area contributed by atoms with E-state index in [9.17, 15) is 15.0 Å². The molecule has 0 aliphatic heterocycles. The van der Waals surface area contributed by atoms with Gasteiger partial charge in [-0.15, -0.1) is 0 Å². The zero-order valence-electron chi connectivity index (χ0n) is 13.5. The second-order valence-corrected chi connectivity index (χ2v) is 5.01. The summed E-state index contributed by atoms with van der Waals surface area (Å²) >= 11 is 0. The third-order valence-electron chi connectivity index (χ3n) is 3.09. The Labute approximate surface area is 136 Å². The summed E-state index contributed by atoms with van der Waals surface area (Å²) in [5.41, 5.74) is 0.953. The number of carbonyl (C=O) groups is 1. The van der Waals surface area contributed by atoms with Crippen molar-refractivity contribution in [2.45, 2.75) is 32.2 Å². The molecule has 23 heavy (non-hydrogen) atoms. The van der Waals surface area contributed by atoms with Gasteiger partial charge in [0, 0.05) is 6.92 Å². The molecule has 0 aliphatic carbocycles. The van der Waals surface area contributed by atoms with Crippen LogP contribution in [0.5, 0.6) is 5.75 Å². The van der Waals surface area contributed by atoms with E-state index in [4.69, 9.17) is 14.2 Å². The fourth-order valence-electron chi connectivity index (χ4n) is 1.76. The fraction of sp³-hybridized carbons (Fsp3) is 0.471. The van der Waals surface area contributed by atoms with E-state index in [1.165, 1.54) is 6.92 Å². The average Bonchev–Trinajstić information content (AvgIpc) is 2.54. The van der Waals surface area contributed by atoms with Gasteiger partial charge in [-0.3, -0.25) is 4.79 Å². The molecule has 2 atom stereocenters. The molecule has 0 heterocycles. The molecule has 128 valence electrons. The summed E-state index contributed by atoms with van der Waals surface area (Å²) in [7, 11) is 1.60. The number of methoxy groups -OCH3 is 1. The van der Waals surface area contributed by atoms with Gasteiger partial charge in [0.05, 0.1) is 26.4 Å². The first-order valence-electron chi connectivity index (χ1n) is 7.38. The highest BCUT2D eigenvalue weighted by Gasteiger charge is 2.14. The molecule has 1 aromatic carbocycles. The summed E-state index contributed by atoms with van der Waals surface area (Å²) in [5, 5.41) is 19.6. The molecule has 0 saturated carbocycles. The molecule has 0 amide bonds. The molecule has 0 bridgehead atoms. The molecule has 6 nitrogen and oxygen atoms in total. The van der Waals surface area contributed by atoms with Gasteiger partial charge < -0.3 is 24.4 Å². The number of benzene rings is 1. The largest absolute Gasteiger partial charge is 0.497 e. The molecule has 6 heteroatoms. The quantitative estimate of drug-likeness (QED) is 0.500. The van der Waals surface area contributed by atoms with Crippen molar-refractivity contribution in [1.82, 2.24) is 0 Å². The Hall–Kier alpha value is -1.89.